The van der Waals surface area contributed by atoms with Gasteiger partial charge in [-0.3, -0.25) is 4.99 Å². The molecule has 4 heteroatoms. The summed E-state index contributed by atoms with van der Waals surface area (Å²) in [4.78, 5) is 4.12. The van der Waals surface area contributed by atoms with Crippen LogP contribution in [0.4, 0.5) is 0 Å². The fourth-order valence-corrected chi connectivity index (χ4v) is 0.908. The van der Waals surface area contributed by atoms with E-state index in [2.05, 4.69) is 26.2 Å². The number of nitrogens with one attached hydrogen (secondary N) is 1. The maximum absolute atomic E-state index is 9.12. The van der Waals surface area contributed by atoms with Gasteiger partial charge in [0, 0.05) is 6.42 Å². The van der Waals surface area contributed by atoms with Gasteiger partial charge in [0.25, 0.3) is 0 Å². The number of rotatable bonds is 1. The van der Waals surface area contributed by atoms with Crippen molar-refractivity contribution in [1.29, 1.82) is 0 Å². The second-order valence-electron chi connectivity index (χ2n) is 1.99. The van der Waals surface area contributed by atoms with Crippen molar-refractivity contribution in [3.8, 4) is 0 Å². The number of hydrogen-bond donors (Lipinski definition) is 2. The number of hydrogen-bond acceptors (Lipinski definition) is 3. The van der Waals surface area contributed by atoms with E-state index in [0.29, 0.717) is 11.0 Å². The van der Waals surface area contributed by atoms with Crippen molar-refractivity contribution in [2.45, 2.75) is 13.3 Å². The Morgan fingerprint density at radius 2 is 2.50 bits per heavy atom. The average Bonchev–Trinajstić information content (AvgIpc) is 1.95. The molecule has 0 saturated heterocycles. The Kier molecular flexibility index (Phi) is 2.32. The molecule has 0 aromatic rings. The summed E-state index contributed by atoms with van der Waals surface area (Å²) in [6, 6.07) is 0. The molecule has 0 amide bonds. The highest BCUT2D eigenvalue weighted by atomic mass is 79.9. The molecule has 0 radical (unpaired) electrons. The van der Waals surface area contributed by atoms with Crippen LogP contribution in [0, 0.1) is 0 Å². The Morgan fingerprint density at radius 1 is 1.80 bits per heavy atom. The number of aliphatic hydroxyl groups excluding tert-OH is 1. The molecule has 0 aromatic heterocycles. The van der Waals surface area contributed by atoms with E-state index in [1.807, 2.05) is 6.92 Å². The lowest BCUT2D eigenvalue weighted by atomic mass is 10.4. The molecule has 1 aliphatic heterocycles. The van der Waals surface area contributed by atoms with E-state index in [9.17, 15) is 0 Å². The van der Waals surface area contributed by atoms with Crippen LogP contribution in [0.1, 0.15) is 13.3 Å². The summed E-state index contributed by atoms with van der Waals surface area (Å²) >= 11 is 3.17. The Balaban J connectivity index is 2.63. The summed E-state index contributed by atoms with van der Waals surface area (Å²) in [6.07, 6.45) is 0.824. The predicted octanol–water partition coefficient (Wildman–Crippen LogP) is 1.52. The minimum atomic E-state index is 0.187. The molecule has 10 heavy (non-hydrogen) atoms. The average molecular weight is 205 g/mol. The van der Waals surface area contributed by atoms with Crippen LogP contribution in [-0.4, -0.2) is 17.5 Å². The van der Waals surface area contributed by atoms with Crippen LogP contribution in [0.2, 0.25) is 0 Å². The van der Waals surface area contributed by atoms with Crippen molar-refractivity contribution >= 4 is 21.8 Å². The van der Waals surface area contributed by atoms with Gasteiger partial charge in [-0.05, 0) is 15.9 Å². The highest BCUT2D eigenvalue weighted by molar-refractivity contribution is 9.11. The van der Waals surface area contributed by atoms with E-state index < -0.39 is 0 Å². The molecule has 56 valence electrons. The van der Waals surface area contributed by atoms with Gasteiger partial charge in [0.05, 0.1) is 11.0 Å². The zero-order chi connectivity index (χ0) is 7.56. The van der Waals surface area contributed by atoms with Crippen molar-refractivity contribution in [2.75, 3.05) is 6.54 Å². The number of aliphatic imine (C=N–C) groups is 1. The Labute approximate surface area is 68.0 Å². The van der Waals surface area contributed by atoms with Crippen LogP contribution >= 0.6 is 15.9 Å². The molecule has 0 bridgehead atoms. The molecule has 3 nitrogen and oxygen atoms in total. The summed E-state index contributed by atoms with van der Waals surface area (Å²) in [7, 11) is 0. The molecule has 2 N–H and O–H groups in total. The standard InChI is InChI=1S/C6H9BrN2O/c1-2-5-8-3-4(7)6(10)9-5/h10H,2-3H2,1H3,(H,8,9). The Morgan fingerprint density at radius 3 is 3.00 bits per heavy atom. The fraction of sp³-hybridized carbons (Fsp3) is 0.500. The Bertz CT molecular complexity index is 198. The van der Waals surface area contributed by atoms with Crippen molar-refractivity contribution in [3.63, 3.8) is 0 Å². The lowest BCUT2D eigenvalue weighted by Crippen LogP contribution is -2.26. The van der Waals surface area contributed by atoms with Gasteiger partial charge in [0.1, 0.15) is 5.84 Å². The third-order valence-corrected chi connectivity index (χ3v) is 1.89. The lowest BCUT2D eigenvalue weighted by Gasteiger charge is -2.13. The van der Waals surface area contributed by atoms with Gasteiger partial charge in [0.15, 0.2) is 0 Å². The van der Waals surface area contributed by atoms with Gasteiger partial charge in [-0.2, -0.15) is 0 Å². The molecule has 0 atom stereocenters. The largest absolute Gasteiger partial charge is 0.494 e. The Hall–Kier alpha value is -0.510. The summed E-state index contributed by atoms with van der Waals surface area (Å²) in [5.74, 6) is 1.02. The van der Waals surface area contributed by atoms with E-state index in [1.165, 1.54) is 0 Å². The first kappa shape index (κ1) is 7.60. The first-order chi connectivity index (χ1) is 4.74. The monoisotopic (exact) mass is 204 g/mol. The number of nitrogens with zero attached hydrogens (tertiary/aromatic N) is 1. The fourth-order valence-electron chi connectivity index (χ4n) is 0.684. The highest BCUT2D eigenvalue weighted by Crippen LogP contribution is 2.12. The first-order valence-corrected chi connectivity index (χ1v) is 3.91. The summed E-state index contributed by atoms with van der Waals surface area (Å²) in [6.45, 7) is 2.53. The molecule has 1 rings (SSSR count). The van der Waals surface area contributed by atoms with E-state index in [1.54, 1.807) is 0 Å². The SMILES string of the molecule is CCC1=NCC(Br)=C(O)N1. The topological polar surface area (TPSA) is 44.6 Å². The van der Waals surface area contributed by atoms with Crippen molar-refractivity contribution in [2.24, 2.45) is 4.99 Å². The summed E-state index contributed by atoms with van der Waals surface area (Å²) in [5, 5.41) is 11.9. The van der Waals surface area contributed by atoms with E-state index >= 15 is 0 Å². The lowest BCUT2D eigenvalue weighted by molar-refractivity contribution is 0.381. The van der Waals surface area contributed by atoms with E-state index in [-0.39, 0.29) is 5.88 Å². The third kappa shape index (κ3) is 1.50. The summed E-state index contributed by atoms with van der Waals surface area (Å²) < 4.78 is 0.713. The zero-order valence-corrected chi connectivity index (χ0v) is 7.27. The number of amidine groups is 1. The van der Waals surface area contributed by atoms with E-state index in [0.717, 1.165) is 12.3 Å². The molecule has 0 aromatic carbocycles. The smallest absolute Gasteiger partial charge is 0.201 e. The predicted molar refractivity (Wildman–Crippen MR) is 44.3 cm³/mol. The van der Waals surface area contributed by atoms with Crippen LogP contribution in [0.15, 0.2) is 15.4 Å². The minimum absolute atomic E-state index is 0.187. The molecule has 0 saturated carbocycles. The molecular weight excluding hydrogens is 196 g/mol. The van der Waals surface area contributed by atoms with Crippen molar-refractivity contribution in [1.82, 2.24) is 5.32 Å². The maximum Gasteiger partial charge on any atom is 0.201 e. The van der Waals surface area contributed by atoms with Gasteiger partial charge in [-0.25, -0.2) is 0 Å². The zero-order valence-electron chi connectivity index (χ0n) is 5.69. The number of aliphatic hydroxyl groups is 1. The quantitative estimate of drug-likeness (QED) is 0.681. The maximum atomic E-state index is 9.12. The third-order valence-electron chi connectivity index (χ3n) is 1.26. The molecule has 1 heterocycles. The minimum Gasteiger partial charge on any atom is -0.494 e. The van der Waals surface area contributed by atoms with Crippen LogP contribution in [0.5, 0.6) is 0 Å². The van der Waals surface area contributed by atoms with Crippen LogP contribution in [0.3, 0.4) is 0 Å². The molecule has 0 fully saturated rings. The van der Waals surface area contributed by atoms with E-state index in [4.69, 9.17) is 5.11 Å². The van der Waals surface area contributed by atoms with Crippen molar-refractivity contribution in [3.05, 3.63) is 10.4 Å². The molecular formula is C6H9BrN2O. The van der Waals surface area contributed by atoms with Crippen LogP contribution in [0.25, 0.3) is 0 Å². The molecule has 0 spiro atoms. The van der Waals surface area contributed by atoms with Crippen LogP contribution < -0.4 is 5.32 Å². The van der Waals surface area contributed by atoms with Crippen LogP contribution in [-0.2, 0) is 0 Å². The number of halogens is 1. The second kappa shape index (κ2) is 3.05. The molecule has 1 aliphatic rings. The van der Waals surface area contributed by atoms with Gasteiger partial charge in [0.2, 0.25) is 5.88 Å². The van der Waals surface area contributed by atoms with Gasteiger partial charge < -0.3 is 10.4 Å². The van der Waals surface area contributed by atoms with Gasteiger partial charge >= 0.3 is 0 Å². The normalized spacial score (nSPS) is 18.4. The summed E-state index contributed by atoms with van der Waals surface area (Å²) in [5.41, 5.74) is 0. The highest BCUT2D eigenvalue weighted by Gasteiger charge is 2.09. The molecule has 0 unspecified atom stereocenters. The first-order valence-electron chi connectivity index (χ1n) is 3.12. The van der Waals surface area contributed by atoms with Gasteiger partial charge in [-0.15, -0.1) is 0 Å². The van der Waals surface area contributed by atoms with Gasteiger partial charge in [-0.1, -0.05) is 6.92 Å². The molecule has 0 aliphatic carbocycles. The second-order valence-corrected chi connectivity index (χ2v) is 2.95. The van der Waals surface area contributed by atoms with Crippen molar-refractivity contribution < 1.29 is 5.11 Å².